The number of amides is 2. The maximum Gasteiger partial charge on any atom is 0.252 e. The standard InChI is InChI=1S/C16H23N5O3/c22-15-5-1-6-19(15)10-12-13-11-20(7-3-8-21(13)18-17-12)16(23)14-4-2-9-24-14/h14H,1-11H2. The molecule has 2 fully saturated rings. The highest BCUT2D eigenvalue weighted by molar-refractivity contribution is 5.81. The SMILES string of the molecule is O=C1CCCN1Cc1nnn2c1CN(C(=O)C1CCCO1)CCC2. The molecule has 24 heavy (non-hydrogen) atoms. The number of fused-ring (bicyclic) bond motifs is 1. The van der Waals surface area contributed by atoms with E-state index in [0.717, 1.165) is 50.2 Å². The minimum absolute atomic E-state index is 0.0744. The molecule has 1 aromatic heterocycles. The van der Waals surface area contributed by atoms with E-state index in [0.29, 0.717) is 32.7 Å². The Bertz CT molecular complexity index is 638. The number of hydrogen-bond donors (Lipinski definition) is 0. The third kappa shape index (κ3) is 2.90. The lowest BCUT2D eigenvalue weighted by atomic mass is 10.2. The van der Waals surface area contributed by atoms with Crippen molar-refractivity contribution in [2.45, 2.75) is 57.8 Å². The van der Waals surface area contributed by atoms with E-state index in [1.54, 1.807) is 0 Å². The molecule has 130 valence electrons. The summed E-state index contributed by atoms with van der Waals surface area (Å²) in [5, 5.41) is 8.51. The molecule has 0 radical (unpaired) electrons. The minimum Gasteiger partial charge on any atom is -0.368 e. The van der Waals surface area contributed by atoms with E-state index in [4.69, 9.17) is 4.74 Å². The van der Waals surface area contributed by atoms with Gasteiger partial charge in [-0.3, -0.25) is 9.59 Å². The Morgan fingerprint density at radius 2 is 2.12 bits per heavy atom. The van der Waals surface area contributed by atoms with Gasteiger partial charge in [0.25, 0.3) is 5.91 Å². The molecule has 4 heterocycles. The Hall–Kier alpha value is -1.96. The molecule has 1 aromatic rings. The zero-order valence-electron chi connectivity index (χ0n) is 13.8. The quantitative estimate of drug-likeness (QED) is 0.795. The Labute approximate surface area is 140 Å². The highest BCUT2D eigenvalue weighted by Gasteiger charge is 2.31. The Balaban J connectivity index is 1.51. The summed E-state index contributed by atoms with van der Waals surface area (Å²) in [6.07, 6.45) is 3.85. The van der Waals surface area contributed by atoms with Crippen molar-refractivity contribution in [3.8, 4) is 0 Å². The van der Waals surface area contributed by atoms with Crippen LogP contribution in [0.15, 0.2) is 0 Å². The number of hydrogen-bond acceptors (Lipinski definition) is 5. The molecule has 4 rings (SSSR count). The van der Waals surface area contributed by atoms with Crippen molar-refractivity contribution in [1.82, 2.24) is 24.8 Å². The van der Waals surface area contributed by atoms with Gasteiger partial charge in [-0.25, -0.2) is 4.68 Å². The van der Waals surface area contributed by atoms with Crippen LogP contribution in [0.4, 0.5) is 0 Å². The highest BCUT2D eigenvalue weighted by Crippen LogP contribution is 2.22. The zero-order valence-corrected chi connectivity index (χ0v) is 13.8. The molecule has 1 unspecified atom stereocenters. The van der Waals surface area contributed by atoms with Gasteiger partial charge < -0.3 is 14.5 Å². The van der Waals surface area contributed by atoms with E-state index in [-0.39, 0.29) is 17.9 Å². The molecule has 3 aliphatic rings. The summed E-state index contributed by atoms with van der Waals surface area (Å²) in [5.74, 6) is 0.253. The molecule has 0 aromatic carbocycles. The van der Waals surface area contributed by atoms with Gasteiger partial charge in [-0.2, -0.15) is 0 Å². The van der Waals surface area contributed by atoms with Crippen molar-refractivity contribution in [3.63, 3.8) is 0 Å². The number of aromatic nitrogens is 3. The van der Waals surface area contributed by atoms with Crippen LogP contribution in [0.5, 0.6) is 0 Å². The average Bonchev–Trinajstić information content (AvgIpc) is 3.29. The fourth-order valence-electron chi connectivity index (χ4n) is 3.73. The van der Waals surface area contributed by atoms with Crippen molar-refractivity contribution in [1.29, 1.82) is 0 Å². The predicted molar refractivity (Wildman–Crippen MR) is 83.7 cm³/mol. The molecule has 2 saturated heterocycles. The maximum absolute atomic E-state index is 12.7. The zero-order chi connectivity index (χ0) is 16.5. The lowest BCUT2D eigenvalue weighted by Crippen LogP contribution is -2.39. The molecular weight excluding hydrogens is 310 g/mol. The van der Waals surface area contributed by atoms with Crippen molar-refractivity contribution in [2.75, 3.05) is 19.7 Å². The molecular formula is C16H23N5O3. The third-order valence-corrected chi connectivity index (χ3v) is 5.09. The Kier molecular flexibility index (Phi) is 4.22. The van der Waals surface area contributed by atoms with Gasteiger partial charge in [0.2, 0.25) is 5.91 Å². The van der Waals surface area contributed by atoms with Crippen molar-refractivity contribution in [3.05, 3.63) is 11.4 Å². The summed E-state index contributed by atoms with van der Waals surface area (Å²) in [7, 11) is 0. The third-order valence-electron chi connectivity index (χ3n) is 5.09. The van der Waals surface area contributed by atoms with Gasteiger partial charge in [-0.1, -0.05) is 5.21 Å². The van der Waals surface area contributed by atoms with Crippen LogP contribution < -0.4 is 0 Å². The van der Waals surface area contributed by atoms with E-state index < -0.39 is 0 Å². The summed E-state index contributed by atoms with van der Waals surface area (Å²) in [4.78, 5) is 28.3. The van der Waals surface area contributed by atoms with E-state index in [9.17, 15) is 9.59 Å². The molecule has 0 bridgehead atoms. The van der Waals surface area contributed by atoms with Crippen LogP contribution in [0.25, 0.3) is 0 Å². The number of likely N-dealkylation sites (tertiary alicyclic amines) is 1. The molecule has 8 heteroatoms. The first kappa shape index (κ1) is 15.6. The summed E-state index contributed by atoms with van der Waals surface area (Å²) in [6.45, 7) is 3.92. The smallest absolute Gasteiger partial charge is 0.252 e. The summed E-state index contributed by atoms with van der Waals surface area (Å²) >= 11 is 0. The first-order valence-corrected chi connectivity index (χ1v) is 8.82. The lowest BCUT2D eigenvalue weighted by molar-refractivity contribution is -0.141. The predicted octanol–water partition coefficient (Wildman–Crippen LogP) is 0.312. The van der Waals surface area contributed by atoms with Crippen LogP contribution in [0.3, 0.4) is 0 Å². The van der Waals surface area contributed by atoms with Gasteiger partial charge in [-0.15, -0.1) is 5.10 Å². The van der Waals surface area contributed by atoms with Gasteiger partial charge in [0, 0.05) is 32.7 Å². The number of carbonyl (C=O) groups excluding carboxylic acids is 2. The number of rotatable bonds is 3. The number of carbonyl (C=O) groups is 2. The van der Waals surface area contributed by atoms with Crippen LogP contribution in [0.1, 0.15) is 43.5 Å². The molecule has 3 aliphatic heterocycles. The molecule has 2 amide bonds. The van der Waals surface area contributed by atoms with E-state index >= 15 is 0 Å². The van der Waals surface area contributed by atoms with Crippen molar-refractivity contribution >= 4 is 11.8 Å². The van der Waals surface area contributed by atoms with Crippen LogP contribution >= 0.6 is 0 Å². The van der Waals surface area contributed by atoms with Crippen LogP contribution in [0, 0.1) is 0 Å². The second kappa shape index (κ2) is 6.51. The van der Waals surface area contributed by atoms with Gasteiger partial charge in [-0.05, 0) is 25.7 Å². The Morgan fingerprint density at radius 3 is 2.88 bits per heavy atom. The van der Waals surface area contributed by atoms with E-state index in [1.165, 1.54) is 0 Å². The Morgan fingerprint density at radius 1 is 1.21 bits per heavy atom. The van der Waals surface area contributed by atoms with Crippen LogP contribution in [-0.4, -0.2) is 62.4 Å². The fourth-order valence-corrected chi connectivity index (χ4v) is 3.73. The topological polar surface area (TPSA) is 80.6 Å². The second-order valence-corrected chi connectivity index (χ2v) is 6.74. The molecule has 0 aliphatic carbocycles. The largest absolute Gasteiger partial charge is 0.368 e. The first-order valence-electron chi connectivity index (χ1n) is 8.82. The highest BCUT2D eigenvalue weighted by atomic mass is 16.5. The molecule has 0 saturated carbocycles. The normalized spacial score (nSPS) is 24.3. The van der Waals surface area contributed by atoms with Gasteiger partial charge in [0.1, 0.15) is 11.8 Å². The summed E-state index contributed by atoms with van der Waals surface area (Å²) < 4.78 is 7.44. The number of aryl methyl sites for hydroxylation is 1. The first-order chi connectivity index (χ1) is 11.7. The van der Waals surface area contributed by atoms with Crippen molar-refractivity contribution in [2.24, 2.45) is 0 Å². The number of ether oxygens (including phenoxy) is 1. The van der Waals surface area contributed by atoms with Crippen LogP contribution in [-0.2, 0) is 34.0 Å². The summed E-state index contributed by atoms with van der Waals surface area (Å²) in [6, 6.07) is 0. The van der Waals surface area contributed by atoms with Gasteiger partial charge in [0.15, 0.2) is 0 Å². The van der Waals surface area contributed by atoms with Gasteiger partial charge >= 0.3 is 0 Å². The molecule has 0 N–H and O–H groups in total. The summed E-state index contributed by atoms with van der Waals surface area (Å²) in [5.41, 5.74) is 1.77. The van der Waals surface area contributed by atoms with E-state index in [1.807, 2.05) is 14.5 Å². The van der Waals surface area contributed by atoms with Gasteiger partial charge in [0.05, 0.1) is 18.8 Å². The lowest BCUT2D eigenvalue weighted by Gasteiger charge is -2.23. The van der Waals surface area contributed by atoms with E-state index in [2.05, 4.69) is 10.3 Å². The molecule has 1 atom stereocenters. The second-order valence-electron chi connectivity index (χ2n) is 6.74. The average molecular weight is 333 g/mol. The van der Waals surface area contributed by atoms with Crippen molar-refractivity contribution < 1.29 is 14.3 Å². The minimum atomic E-state index is -0.295. The fraction of sp³-hybridized carbons (Fsp3) is 0.750. The van der Waals surface area contributed by atoms with Crippen LogP contribution in [0.2, 0.25) is 0 Å². The number of nitrogens with zero attached hydrogens (tertiary/aromatic N) is 5. The maximum atomic E-state index is 12.7. The molecule has 8 nitrogen and oxygen atoms in total. The monoisotopic (exact) mass is 333 g/mol. The molecule has 0 spiro atoms.